The van der Waals surface area contributed by atoms with Crippen LogP contribution in [-0.4, -0.2) is 83.8 Å². The second-order valence-corrected chi connectivity index (χ2v) is 5.28. The molecule has 0 aromatic heterocycles. The highest BCUT2D eigenvalue weighted by Crippen LogP contribution is 2.30. The highest BCUT2D eigenvalue weighted by Gasteiger charge is 2.52. The molecule has 0 aromatic rings. The number of hydrogen-bond donors (Lipinski definition) is 0. The Balaban J connectivity index is 3.15. The number of hydrogen-bond acceptors (Lipinski definition) is 9. The van der Waals surface area contributed by atoms with Crippen molar-refractivity contribution in [2.75, 3.05) is 35.0 Å². The smallest absolute Gasteiger partial charge is 0.303 e. The maximum Gasteiger partial charge on any atom is 0.303 e. The van der Waals surface area contributed by atoms with Crippen molar-refractivity contribution in [2.45, 2.75) is 50.7 Å². The third-order valence-corrected chi connectivity index (χ3v) is 3.62. The van der Waals surface area contributed by atoms with Crippen molar-refractivity contribution in [3.8, 4) is 0 Å². The molecule has 0 saturated carbocycles. The molecule has 0 N–H and O–H groups in total. The molecule has 1 aliphatic heterocycles. The Morgan fingerprint density at radius 1 is 0.917 bits per heavy atom. The van der Waals surface area contributed by atoms with Crippen LogP contribution in [0.15, 0.2) is 0 Å². The van der Waals surface area contributed by atoms with Crippen molar-refractivity contribution >= 4 is 11.9 Å². The molecule has 0 amide bonds. The maximum atomic E-state index is 11.5. The maximum absolute atomic E-state index is 11.5. The SMILES string of the molecule is COCC(OC(C)=O)C1OC(OC)C(OC)C(OC(C)=O)C1OC. The minimum atomic E-state index is -0.842. The topological polar surface area (TPSA) is 98.8 Å². The monoisotopic (exact) mass is 350 g/mol. The average molecular weight is 350 g/mol. The van der Waals surface area contributed by atoms with Gasteiger partial charge in [0.1, 0.15) is 18.3 Å². The fourth-order valence-corrected chi connectivity index (χ4v) is 2.74. The van der Waals surface area contributed by atoms with Gasteiger partial charge in [-0.3, -0.25) is 9.59 Å². The van der Waals surface area contributed by atoms with E-state index in [1.807, 2.05) is 0 Å². The molecular formula is C15H26O9. The summed E-state index contributed by atoms with van der Waals surface area (Å²) >= 11 is 0. The first-order valence-electron chi connectivity index (χ1n) is 7.46. The molecule has 9 heteroatoms. The molecule has 0 bridgehead atoms. The van der Waals surface area contributed by atoms with E-state index in [1.54, 1.807) is 0 Å². The molecule has 1 rings (SSSR count). The summed E-state index contributed by atoms with van der Waals surface area (Å²) in [7, 11) is 5.79. The molecule has 24 heavy (non-hydrogen) atoms. The van der Waals surface area contributed by atoms with Gasteiger partial charge in [0.15, 0.2) is 18.5 Å². The lowest BCUT2D eigenvalue weighted by molar-refractivity contribution is -0.316. The standard InChI is InChI=1S/C15H26O9/c1-8(16)22-10(7-18-3)11-12(19-4)13(23-9(2)17)14(20-5)15(21-6)24-11/h10-15H,7H2,1-6H3. The Bertz CT molecular complexity index is 414. The van der Waals surface area contributed by atoms with Crippen molar-refractivity contribution in [2.24, 2.45) is 0 Å². The van der Waals surface area contributed by atoms with E-state index in [2.05, 4.69) is 0 Å². The Labute approximate surface area is 141 Å². The number of carbonyl (C=O) groups is 2. The molecule has 9 nitrogen and oxygen atoms in total. The lowest BCUT2D eigenvalue weighted by Crippen LogP contribution is -2.64. The molecule has 6 atom stereocenters. The van der Waals surface area contributed by atoms with Gasteiger partial charge in [-0.05, 0) is 0 Å². The van der Waals surface area contributed by atoms with E-state index < -0.39 is 48.7 Å². The number of rotatable bonds is 8. The van der Waals surface area contributed by atoms with Crippen LogP contribution in [0.5, 0.6) is 0 Å². The second kappa shape index (κ2) is 9.90. The van der Waals surface area contributed by atoms with Crippen LogP contribution < -0.4 is 0 Å². The van der Waals surface area contributed by atoms with Crippen LogP contribution in [0.1, 0.15) is 13.8 Å². The van der Waals surface area contributed by atoms with Crippen molar-refractivity contribution in [3.05, 3.63) is 0 Å². The summed E-state index contributed by atoms with van der Waals surface area (Å²) in [6.45, 7) is 2.64. The summed E-state index contributed by atoms with van der Waals surface area (Å²) in [6.07, 6.45) is -4.65. The van der Waals surface area contributed by atoms with E-state index in [-0.39, 0.29) is 6.61 Å². The summed E-state index contributed by atoms with van der Waals surface area (Å²) in [5.74, 6) is -1.00. The zero-order valence-corrected chi connectivity index (χ0v) is 14.8. The predicted octanol–water partition coefficient (Wildman–Crippen LogP) is -0.102. The Morgan fingerprint density at radius 2 is 1.54 bits per heavy atom. The van der Waals surface area contributed by atoms with E-state index in [0.717, 1.165) is 0 Å². The number of carbonyl (C=O) groups excluding carboxylic acids is 2. The third-order valence-electron chi connectivity index (χ3n) is 3.62. The van der Waals surface area contributed by atoms with Gasteiger partial charge in [-0.15, -0.1) is 0 Å². The summed E-state index contributed by atoms with van der Waals surface area (Å²) < 4.78 is 37.7. The van der Waals surface area contributed by atoms with Gasteiger partial charge in [0, 0.05) is 42.3 Å². The van der Waals surface area contributed by atoms with E-state index >= 15 is 0 Å². The lowest BCUT2D eigenvalue weighted by atomic mass is 9.94. The Morgan fingerprint density at radius 3 is 1.96 bits per heavy atom. The van der Waals surface area contributed by atoms with E-state index in [1.165, 1.54) is 42.3 Å². The van der Waals surface area contributed by atoms with Crippen LogP contribution >= 0.6 is 0 Å². The molecule has 1 fully saturated rings. The molecule has 0 aliphatic carbocycles. The third kappa shape index (κ3) is 5.12. The summed E-state index contributed by atoms with van der Waals surface area (Å²) in [6, 6.07) is 0. The first-order valence-corrected chi connectivity index (χ1v) is 7.46. The van der Waals surface area contributed by atoms with Crippen LogP contribution in [0, 0.1) is 0 Å². The van der Waals surface area contributed by atoms with Crippen LogP contribution in [0.3, 0.4) is 0 Å². The van der Waals surface area contributed by atoms with Gasteiger partial charge in [-0.1, -0.05) is 0 Å². The number of esters is 2. The van der Waals surface area contributed by atoms with Gasteiger partial charge >= 0.3 is 11.9 Å². The molecule has 0 aromatic carbocycles. The zero-order valence-electron chi connectivity index (χ0n) is 14.8. The Hall–Kier alpha value is -1.26. The lowest BCUT2D eigenvalue weighted by Gasteiger charge is -2.45. The molecule has 6 unspecified atom stereocenters. The largest absolute Gasteiger partial charge is 0.457 e. The normalized spacial score (nSPS) is 31.3. The number of methoxy groups -OCH3 is 4. The Kier molecular flexibility index (Phi) is 8.57. The first-order chi connectivity index (χ1) is 11.4. The van der Waals surface area contributed by atoms with Crippen molar-refractivity contribution in [1.29, 1.82) is 0 Å². The quantitative estimate of drug-likeness (QED) is 0.556. The summed E-state index contributed by atoms with van der Waals surface area (Å²) in [5, 5.41) is 0. The summed E-state index contributed by atoms with van der Waals surface area (Å²) in [5.41, 5.74) is 0. The molecule has 1 aliphatic rings. The first kappa shape index (κ1) is 20.8. The minimum Gasteiger partial charge on any atom is -0.457 e. The van der Waals surface area contributed by atoms with Crippen molar-refractivity contribution < 1.29 is 42.7 Å². The molecule has 0 radical (unpaired) electrons. The van der Waals surface area contributed by atoms with Gasteiger partial charge in [0.25, 0.3) is 0 Å². The van der Waals surface area contributed by atoms with Crippen LogP contribution in [0.25, 0.3) is 0 Å². The molecular weight excluding hydrogens is 324 g/mol. The van der Waals surface area contributed by atoms with Gasteiger partial charge < -0.3 is 33.2 Å². The fourth-order valence-electron chi connectivity index (χ4n) is 2.74. The predicted molar refractivity (Wildman–Crippen MR) is 80.2 cm³/mol. The van der Waals surface area contributed by atoms with E-state index in [9.17, 15) is 9.59 Å². The van der Waals surface area contributed by atoms with Gasteiger partial charge in [-0.25, -0.2) is 0 Å². The molecule has 140 valence electrons. The van der Waals surface area contributed by atoms with Crippen LogP contribution in [0.4, 0.5) is 0 Å². The van der Waals surface area contributed by atoms with Crippen molar-refractivity contribution in [1.82, 2.24) is 0 Å². The zero-order chi connectivity index (χ0) is 18.3. The van der Waals surface area contributed by atoms with Gasteiger partial charge in [0.05, 0.1) is 6.61 Å². The molecule has 1 heterocycles. The van der Waals surface area contributed by atoms with Crippen molar-refractivity contribution in [3.63, 3.8) is 0 Å². The fraction of sp³-hybridized carbons (Fsp3) is 0.867. The van der Waals surface area contributed by atoms with Crippen LogP contribution in [-0.2, 0) is 42.7 Å². The molecule has 1 saturated heterocycles. The van der Waals surface area contributed by atoms with Gasteiger partial charge in [0.2, 0.25) is 0 Å². The highest BCUT2D eigenvalue weighted by atomic mass is 16.7. The van der Waals surface area contributed by atoms with Crippen LogP contribution in [0.2, 0.25) is 0 Å². The van der Waals surface area contributed by atoms with E-state index in [4.69, 9.17) is 33.2 Å². The second-order valence-electron chi connectivity index (χ2n) is 5.28. The highest BCUT2D eigenvalue weighted by molar-refractivity contribution is 5.66. The average Bonchev–Trinajstić information content (AvgIpc) is 2.52. The number of ether oxygens (including phenoxy) is 7. The van der Waals surface area contributed by atoms with Gasteiger partial charge in [-0.2, -0.15) is 0 Å². The molecule has 0 spiro atoms. The van der Waals surface area contributed by atoms with E-state index in [0.29, 0.717) is 0 Å². The minimum absolute atomic E-state index is 0.0744. The summed E-state index contributed by atoms with van der Waals surface area (Å²) in [4.78, 5) is 22.9.